The van der Waals surface area contributed by atoms with E-state index in [-0.39, 0.29) is 0 Å². The van der Waals surface area contributed by atoms with Crippen LogP contribution < -0.4 is 4.74 Å². The number of benzene rings is 2. The summed E-state index contributed by atoms with van der Waals surface area (Å²) in [5.41, 5.74) is 4.55. The molecule has 1 atom stereocenters. The molecule has 0 amide bonds. The molecule has 1 fully saturated rings. The number of piperidine rings is 1. The molecule has 1 aliphatic rings. The van der Waals surface area contributed by atoms with Crippen LogP contribution in [0.1, 0.15) is 36.6 Å². The van der Waals surface area contributed by atoms with Crippen LogP contribution in [-0.2, 0) is 6.54 Å². The van der Waals surface area contributed by atoms with Crippen LogP contribution in [0.3, 0.4) is 0 Å². The van der Waals surface area contributed by atoms with Gasteiger partial charge in [-0.15, -0.1) is 0 Å². The number of hydrogen-bond acceptors (Lipinski definition) is 3. The Labute approximate surface area is 165 Å². The Kier molecular flexibility index (Phi) is 5.46. The van der Waals surface area contributed by atoms with Crippen molar-refractivity contribution in [1.29, 1.82) is 0 Å². The van der Waals surface area contributed by atoms with E-state index >= 15 is 0 Å². The van der Waals surface area contributed by atoms with Crippen LogP contribution in [0.25, 0.3) is 11.3 Å². The molecule has 1 aliphatic heterocycles. The van der Waals surface area contributed by atoms with Crippen molar-refractivity contribution in [3.8, 4) is 17.0 Å². The first-order chi connectivity index (χ1) is 13.2. The first-order valence-corrected chi connectivity index (χ1v) is 9.79. The lowest BCUT2D eigenvalue weighted by atomic mass is 9.98. The van der Waals surface area contributed by atoms with Gasteiger partial charge in [0, 0.05) is 17.1 Å². The molecule has 0 spiro atoms. The maximum atomic E-state index is 6.02. The Morgan fingerprint density at radius 2 is 1.89 bits per heavy atom. The predicted molar refractivity (Wildman–Crippen MR) is 109 cm³/mol. The van der Waals surface area contributed by atoms with Crippen LogP contribution in [0.2, 0.25) is 5.02 Å². The van der Waals surface area contributed by atoms with Gasteiger partial charge < -0.3 is 4.74 Å². The van der Waals surface area contributed by atoms with E-state index in [1.54, 1.807) is 7.11 Å². The van der Waals surface area contributed by atoms with Crippen molar-refractivity contribution in [2.75, 3.05) is 13.7 Å². The van der Waals surface area contributed by atoms with Crippen molar-refractivity contribution >= 4 is 11.6 Å². The maximum absolute atomic E-state index is 6.02. The van der Waals surface area contributed by atoms with E-state index in [2.05, 4.69) is 33.3 Å². The summed E-state index contributed by atoms with van der Waals surface area (Å²) in [6.45, 7) is 2.03. The van der Waals surface area contributed by atoms with Gasteiger partial charge in [0.25, 0.3) is 0 Å². The first-order valence-electron chi connectivity index (χ1n) is 9.41. The number of rotatable bonds is 5. The fraction of sp³-hybridized carbons (Fsp3) is 0.318. The minimum absolute atomic E-state index is 0.369. The van der Waals surface area contributed by atoms with Gasteiger partial charge in [-0.2, -0.15) is 5.10 Å². The third kappa shape index (κ3) is 4.18. The molecule has 27 heavy (non-hydrogen) atoms. The molecular formula is C22H24ClN3O. The van der Waals surface area contributed by atoms with Crippen molar-refractivity contribution < 1.29 is 4.74 Å². The zero-order chi connectivity index (χ0) is 18.6. The van der Waals surface area contributed by atoms with E-state index < -0.39 is 0 Å². The second-order valence-corrected chi connectivity index (χ2v) is 7.48. The van der Waals surface area contributed by atoms with Crippen LogP contribution in [-0.4, -0.2) is 28.8 Å². The summed E-state index contributed by atoms with van der Waals surface area (Å²) in [4.78, 5) is 2.54. The van der Waals surface area contributed by atoms with Crippen LogP contribution in [0.5, 0.6) is 5.75 Å². The first kappa shape index (κ1) is 18.1. The summed E-state index contributed by atoms with van der Waals surface area (Å²) >= 11 is 6.02. The highest BCUT2D eigenvalue weighted by Crippen LogP contribution is 2.33. The molecule has 1 aromatic heterocycles. The molecule has 0 aliphatic carbocycles. The van der Waals surface area contributed by atoms with Crippen LogP contribution >= 0.6 is 11.6 Å². The molecular weight excluding hydrogens is 358 g/mol. The molecule has 140 valence electrons. The van der Waals surface area contributed by atoms with Crippen LogP contribution in [0.15, 0.2) is 54.6 Å². The Bertz CT molecular complexity index is 873. The van der Waals surface area contributed by atoms with Gasteiger partial charge in [-0.3, -0.25) is 10.00 Å². The predicted octanol–water partition coefficient (Wildman–Crippen LogP) is 5.47. The van der Waals surface area contributed by atoms with E-state index in [0.29, 0.717) is 6.04 Å². The zero-order valence-electron chi connectivity index (χ0n) is 15.5. The minimum atomic E-state index is 0.369. The number of ether oxygens (including phenoxy) is 1. The number of halogens is 1. The molecule has 2 aromatic carbocycles. The fourth-order valence-electron chi connectivity index (χ4n) is 3.77. The van der Waals surface area contributed by atoms with Crippen LogP contribution in [0, 0.1) is 0 Å². The fourth-order valence-corrected chi connectivity index (χ4v) is 3.90. The van der Waals surface area contributed by atoms with Crippen LogP contribution in [0.4, 0.5) is 0 Å². The monoisotopic (exact) mass is 381 g/mol. The number of likely N-dealkylation sites (tertiary alicyclic amines) is 1. The average Bonchev–Trinajstić information content (AvgIpc) is 3.20. The Morgan fingerprint density at radius 3 is 2.63 bits per heavy atom. The summed E-state index contributed by atoms with van der Waals surface area (Å²) in [6, 6.07) is 18.8. The number of aromatic amines is 1. The Hall–Kier alpha value is -2.30. The number of aromatic nitrogens is 2. The van der Waals surface area contributed by atoms with Gasteiger partial charge in [-0.25, -0.2) is 0 Å². The highest BCUT2D eigenvalue weighted by Gasteiger charge is 2.25. The lowest BCUT2D eigenvalue weighted by molar-refractivity contribution is 0.137. The van der Waals surface area contributed by atoms with Crippen molar-refractivity contribution in [2.24, 2.45) is 0 Å². The van der Waals surface area contributed by atoms with Gasteiger partial charge in [-0.05, 0) is 67.4 Å². The van der Waals surface area contributed by atoms with E-state index in [1.165, 1.54) is 24.1 Å². The number of hydrogen-bond donors (Lipinski definition) is 1. The van der Waals surface area contributed by atoms with Gasteiger partial charge in [0.15, 0.2) is 0 Å². The van der Waals surface area contributed by atoms with Gasteiger partial charge >= 0.3 is 0 Å². The SMILES string of the molecule is COc1ccc(-c2cc(C3CCCCN3Cc3ccc(Cl)cc3)[nH]n2)cc1. The van der Waals surface area contributed by atoms with E-state index in [1.807, 2.05) is 36.4 Å². The quantitative estimate of drug-likeness (QED) is 0.637. The summed E-state index contributed by atoms with van der Waals surface area (Å²) in [5.74, 6) is 0.857. The summed E-state index contributed by atoms with van der Waals surface area (Å²) in [7, 11) is 1.68. The third-order valence-corrected chi connectivity index (χ3v) is 5.51. The van der Waals surface area contributed by atoms with Gasteiger partial charge in [0.05, 0.1) is 24.5 Å². The second kappa shape index (κ2) is 8.15. The highest BCUT2D eigenvalue weighted by molar-refractivity contribution is 6.30. The highest BCUT2D eigenvalue weighted by atomic mass is 35.5. The molecule has 1 unspecified atom stereocenters. The number of nitrogens with one attached hydrogen (secondary N) is 1. The van der Waals surface area contributed by atoms with Crippen molar-refractivity contribution in [2.45, 2.75) is 31.8 Å². The average molecular weight is 382 g/mol. The summed E-state index contributed by atoms with van der Waals surface area (Å²) < 4.78 is 5.24. The maximum Gasteiger partial charge on any atom is 0.118 e. The lowest BCUT2D eigenvalue weighted by Gasteiger charge is -2.35. The van der Waals surface area contributed by atoms with Crippen molar-refractivity contribution in [1.82, 2.24) is 15.1 Å². The molecule has 5 heteroatoms. The molecule has 2 heterocycles. The summed E-state index contributed by atoms with van der Waals surface area (Å²) in [5, 5.41) is 8.63. The van der Waals surface area contributed by atoms with Crippen molar-refractivity contribution in [3.05, 3.63) is 70.9 Å². The van der Waals surface area contributed by atoms with E-state index in [9.17, 15) is 0 Å². The molecule has 4 nitrogen and oxygen atoms in total. The molecule has 0 bridgehead atoms. The molecule has 0 saturated carbocycles. The largest absolute Gasteiger partial charge is 0.497 e. The lowest BCUT2D eigenvalue weighted by Crippen LogP contribution is -2.33. The van der Waals surface area contributed by atoms with E-state index in [0.717, 1.165) is 41.5 Å². The molecule has 1 N–H and O–H groups in total. The number of nitrogens with zero attached hydrogens (tertiary/aromatic N) is 2. The van der Waals surface area contributed by atoms with E-state index in [4.69, 9.17) is 16.3 Å². The zero-order valence-corrected chi connectivity index (χ0v) is 16.2. The number of H-pyrrole nitrogens is 1. The molecule has 3 aromatic rings. The van der Waals surface area contributed by atoms with Gasteiger partial charge in [0.2, 0.25) is 0 Å². The van der Waals surface area contributed by atoms with Gasteiger partial charge in [0.1, 0.15) is 5.75 Å². The molecule has 0 radical (unpaired) electrons. The Morgan fingerprint density at radius 1 is 1.11 bits per heavy atom. The smallest absolute Gasteiger partial charge is 0.118 e. The van der Waals surface area contributed by atoms with Gasteiger partial charge in [-0.1, -0.05) is 30.2 Å². The minimum Gasteiger partial charge on any atom is -0.497 e. The third-order valence-electron chi connectivity index (χ3n) is 5.26. The number of methoxy groups -OCH3 is 1. The molecule has 1 saturated heterocycles. The standard InChI is InChI=1S/C22H24ClN3O/c1-27-19-11-7-17(8-12-19)20-14-21(25-24-20)22-4-2-3-13-26(22)15-16-5-9-18(23)10-6-16/h5-12,14,22H,2-4,13,15H2,1H3,(H,24,25). The summed E-state index contributed by atoms with van der Waals surface area (Å²) in [6.07, 6.45) is 3.64. The Balaban J connectivity index is 1.53. The molecule has 4 rings (SSSR count). The normalized spacial score (nSPS) is 17.8. The van der Waals surface area contributed by atoms with Crippen molar-refractivity contribution in [3.63, 3.8) is 0 Å². The topological polar surface area (TPSA) is 41.1 Å². The second-order valence-electron chi connectivity index (χ2n) is 7.05.